The molecule has 0 N–H and O–H groups in total. The largest absolute Gasteiger partial charge is 0.303 e. The van der Waals surface area contributed by atoms with Gasteiger partial charge >= 0.3 is 0 Å². The Morgan fingerprint density at radius 3 is 2.67 bits per heavy atom. The molecular formula is C14H27N. The number of hydrogen-bond donors (Lipinski definition) is 0. The van der Waals surface area contributed by atoms with E-state index < -0.39 is 0 Å². The van der Waals surface area contributed by atoms with Gasteiger partial charge in [-0.25, -0.2) is 0 Å². The molecule has 0 aromatic carbocycles. The molecule has 1 nitrogen and oxygen atoms in total. The van der Waals surface area contributed by atoms with Crippen LogP contribution in [0.4, 0.5) is 0 Å². The lowest BCUT2D eigenvalue weighted by Crippen LogP contribution is -2.21. The smallest absolute Gasteiger partial charge is 0.00917 e. The molecule has 0 saturated carbocycles. The highest BCUT2D eigenvalue weighted by atomic mass is 15.1. The van der Waals surface area contributed by atoms with E-state index in [4.69, 9.17) is 0 Å². The SMILES string of the molecule is CC.CC#CCCC1CCN(CCC)C1. The molecule has 88 valence electrons. The Bertz CT molecular complexity index is 187. The molecule has 1 rings (SSSR count). The maximum absolute atomic E-state index is 3.15. The van der Waals surface area contributed by atoms with Crippen LogP contribution in [0.25, 0.3) is 0 Å². The lowest BCUT2D eigenvalue weighted by molar-refractivity contribution is 0.322. The summed E-state index contributed by atoms with van der Waals surface area (Å²) in [5.41, 5.74) is 0. The molecule has 1 unspecified atom stereocenters. The molecule has 0 amide bonds. The van der Waals surface area contributed by atoms with E-state index in [1.165, 1.54) is 38.9 Å². The summed E-state index contributed by atoms with van der Waals surface area (Å²) in [7, 11) is 0. The third-order valence-electron chi connectivity index (χ3n) is 2.76. The first kappa shape index (κ1) is 14.5. The Morgan fingerprint density at radius 1 is 1.33 bits per heavy atom. The molecule has 1 aliphatic rings. The molecule has 0 aromatic heterocycles. The summed E-state index contributed by atoms with van der Waals surface area (Å²) in [6.45, 7) is 12.1. The van der Waals surface area contributed by atoms with E-state index in [9.17, 15) is 0 Å². The Hall–Kier alpha value is -0.480. The Kier molecular flexibility index (Phi) is 9.73. The molecule has 1 atom stereocenters. The van der Waals surface area contributed by atoms with E-state index in [0.29, 0.717) is 0 Å². The molecule has 0 radical (unpaired) electrons. The number of nitrogens with zero attached hydrogens (tertiary/aromatic N) is 1. The van der Waals surface area contributed by atoms with Crippen LogP contribution >= 0.6 is 0 Å². The Labute approximate surface area is 96.2 Å². The average Bonchev–Trinajstić information content (AvgIpc) is 2.70. The fourth-order valence-electron chi connectivity index (χ4n) is 2.07. The molecular weight excluding hydrogens is 182 g/mol. The normalized spacial score (nSPS) is 20.1. The van der Waals surface area contributed by atoms with Crippen LogP contribution in [0, 0.1) is 17.8 Å². The van der Waals surface area contributed by atoms with Gasteiger partial charge in [0.25, 0.3) is 0 Å². The second-order valence-corrected chi connectivity index (χ2v) is 3.92. The lowest BCUT2D eigenvalue weighted by Gasteiger charge is -2.13. The van der Waals surface area contributed by atoms with Gasteiger partial charge in [0.2, 0.25) is 0 Å². The maximum Gasteiger partial charge on any atom is 0.00917 e. The third-order valence-corrected chi connectivity index (χ3v) is 2.76. The summed E-state index contributed by atoms with van der Waals surface area (Å²) in [5, 5.41) is 0. The van der Waals surface area contributed by atoms with E-state index in [1.807, 2.05) is 20.8 Å². The van der Waals surface area contributed by atoms with Gasteiger partial charge in [-0.2, -0.15) is 0 Å². The van der Waals surface area contributed by atoms with Crippen molar-refractivity contribution in [1.29, 1.82) is 0 Å². The van der Waals surface area contributed by atoms with E-state index in [0.717, 1.165) is 12.3 Å². The minimum atomic E-state index is 0.924. The number of hydrogen-bond acceptors (Lipinski definition) is 1. The zero-order valence-electron chi connectivity index (χ0n) is 11.0. The minimum Gasteiger partial charge on any atom is -0.303 e. The number of likely N-dealkylation sites (tertiary alicyclic amines) is 1. The maximum atomic E-state index is 3.15. The van der Waals surface area contributed by atoms with Crippen LogP contribution in [-0.4, -0.2) is 24.5 Å². The van der Waals surface area contributed by atoms with Crippen LogP contribution in [0.2, 0.25) is 0 Å². The second-order valence-electron chi connectivity index (χ2n) is 3.92. The first-order chi connectivity index (χ1) is 7.36. The average molecular weight is 209 g/mol. The summed E-state index contributed by atoms with van der Waals surface area (Å²) in [4.78, 5) is 2.59. The zero-order valence-corrected chi connectivity index (χ0v) is 11.0. The highest BCUT2D eigenvalue weighted by Gasteiger charge is 2.20. The van der Waals surface area contributed by atoms with Crippen molar-refractivity contribution in [3.8, 4) is 11.8 Å². The first-order valence-electron chi connectivity index (χ1n) is 6.48. The van der Waals surface area contributed by atoms with Gasteiger partial charge in [-0.3, -0.25) is 0 Å². The highest BCUT2D eigenvalue weighted by Crippen LogP contribution is 2.20. The quantitative estimate of drug-likeness (QED) is 0.640. The Morgan fingerprint density at radius 2 is 2.07 bits per heavy atom. The van der Waals surface area contributed by atoms with Crippen LogP contribution < -0.4 is 0 Å². The summed E-state index contributed by atoms with van der Waals surface area (Å²) < 4.78 is 0. The van der Waals surface area contributed by atoms with Crippen LogP contribution in [-0.2, 0) is 0 Å². The highest BCUT2D eigenvalue weighted by molar-refractivity contribution is 4.95. The van der Waals surface area contributed by atoms with Crippen molar-refractivity contribution in [1.82, 2.24) is 4.90 Å². The first-order valence-corrected chi connectivity index (χ1v) is 6.48. The van der Waals surface area contributed by atoms with Gasteiger partial charge in [0.05, 0.1) is 0 Å². The van der Waals surface area contributed by atoms with Gasteiger partial charge in [0.1, 0.15) is 0 Å². The van der Waals surface area contributed by atoms with Gasteiger partial charge in [-0.1, -0.05) is 20.8 Å². The van der Waals surface area contributed by atoms with Crippen LogP contribution in [0.1, 0.15) is 53.4 Å². The van der Waals surface area contributed by atoms with Crippen molar-refractivity contribution in [2.24, 2.45) is 5.92 Å². The summed E-state index contributed by atoms with van der Waals surface area (Å²) in [5.74, 6) is 7.04. The van der Waals surface area contributed by atoms with Crippen LogP contribution in [0.3, 0.4) is 0 Å². The molecule has 0 aromatic rings. The molecule has 1 heterocycles. The van der Waals surface area contributed by atoms with E-state index in [2.05, 4.69) is 23.7 Å². The van der Waals surface area contributed by atoms with Crippen molar-refractivity contribution >= 4 is 0 Å². The fraction of sp³-hybridized carbons (Fsp3) is 0.857. The third kappa shape index (κ3) is 6.57. The summed E-state index contributed by atoms with van der Waals surface area (Å²) >= 11 is 0. The summed E-state index contributed by atoms with van der Waals surface area (Å²) in [6.07, 6.45) is 5.09. The Balaban J connectivity index is 0.000000921. The monoisotopic (exact) mass is 209 g/mol. The molecule has 15 heavy (non-hydrogen) atoms. The molecule has 0 bridgehead atoms. The molecule has 1 heteroatoms. The van der Waals surface area contributed by atoms with Crippen LogP contribution in [0.5, 0.6) is 0 Å². The van der Waals surface area contributed by atoms with Crippen molar-refractivity contribution in [2.45, 2.75) is 53.4 Å². The number of rotatable bonds is 4. The van der Waals surface area contributed by atoms with Crippen LogP contribution in [0.15, 0.2) is 0 Å². The lowest BCUT2D eigenvalue weighted by atomic mass is 10.0. The topological polar surface area (TPSA) is 3.24 Å². The van der Waals surface area contributed by atoms with E-state index >= 15 is 0 Å². The molecule has 1 fully saturated rings. The minimum absolute atomic E-state index is 0.924. The van der Waals surface area contributed by atoms with Crippen molar-refractivity contribution in [3.63, 3.8) is 0 Å². The standard InChI is InChI=1S/C12H21N.C2H6/c1-3-5-6-7-12-8-10-13(11-12)9-4-2;1-2/h12H,4,6-11H2,1-2H3;1-2H3. The van der Waals surface area contributed by atoms with Gasteiger partial charge in [-0.05, 0) is 45.2 Å². The van der Waals surface area contributed by atoms with E-state index in [1.54, 1.807) is 0 Å². The molecule has 0 aliphatic carbocycles. The van der Waals surface area contributed by atoms with E-state index in [-0.39, 0.29) is 0 Å². The summed E-state index contributed by atoms with van der Waals surface area (Å²) in [6, 6.07) is 0. The fourth-order valence-corrected chi connectivity index (χ4v) is 2.07. The predicted octanol–water partition coefficient (Wildman–Crippen LogP) is 3.55. The second kappa shape index (κ2) is 10.1. The van der Waals surface area contributed by atoms with Gasteiger partial charge in [0, 0.05) is 13.0 Å². The van der Waals surface area contributed by atoms with Gasteiger partial charge in [0.15, 0.2) is 0 Å². The molecule has 0 spiro atoms. The van der Waals surface area contributed by atoms with Crippen molar-refractivity contribution < 1.29 is 0 Å². The zero-order chi connectivity index (χ0) is 11.5. The van der Waals surface area contributed by atoms with Crippen molar-refractivity contribution in [2.75, 3.05) is 19.6 Å². The molecule has 1 saturated heterocycles. The predicted molar refractivity (Wildman–Crippen MR) is 68.9 cm³/mol. The van der Waals surface area contributed by atoms with Gasteiger partial charge in [-0.15, -0.1) is 11.8 Å². The van der Waals surface area contributed by atoms with Crippen molar-refractivity contribution in [3.05, 3.63) is 0 Å². The molecule has 1 aliphatic heterocycles. The van der Waals surface area contributed by atoms with Gasteiger partial charge < -0.3 is 4.90 Å².